The van der Waals surface area contributed by atoms with Gasteiger partial charge >= 0.3 is 5.97 Å². The second kappa shape index (κ2) is 9.95. The number of methoxy groups -OCH3 is 1. The average molecular weight is 432 g/mol. The lowest BCUT2D eigenvalue weighted by Gasteiger charge is -2.10. The number of nitrogens with zero attached hydrogens (tertiary/aromatic N) is 3. The van der Waals surface area contributed by atoms with E-state index >= 15 is 0 Å². The van der Waals surface area contributed by atoms with Gasteiger partial charge in [-0.05, 0) is 42.0 Å². The van der Waals surface area contributed by atoms with Crippen LogP contribution in [0.25, 0.3) is 17.1 Å². The number of rotatable bonds is 8. The van der Waals surface area contributed by atoms with Crippen molar-refractivity contribution in [1.82, 2.24) is 14.8 Å². The van der Waals surface area contributed by atoms with Gasteiger partial charge in [-0.3, -0.25) is 9.36 Å². The standard InChI is InChI=1S/C24H21N3O3S/c1-29-21-14-12-19(13-15-21)23-25-26-24(27(23)20-10-6-3-7-11-20)31-17-22(28)30-16-18-8-4-2-5-9-18/h2-15H,16-17H2,1H3. The SMILES string of the molecule is COc1ccc(-c2nnc(SCC(=O)OCc3ccccc3)n2-c2ccccc2)cc1. The van der Waals surface area contributed by atoms with Crippen LogP contribution in [0, 0.1) is 0 Å². The van der Waals surface area contributed by atoms with E-state index in [0.717, 1.165) is 22.6 Å². The van der Waals surface area contributed by atoms with E-state index in [0.29, 0.717) is 11.0 Å². The molecule has 31 heavy (non-hydrogen) atoms. The maximum atomic E-state index is 12.3. The molecule has 0 atom stereocenters. The monoisotopic (exact) mass is 431 g/mol. The number of aromatic nitrogens is 3. The van der Waals surface area contributed by atoms with Crippen LogP contribution in [0.2, 0.25) is 0 Å². The maximum absolute atomic E-state index is 12.3. The second-order valence-electron chi connectivity index (χ2n) is 6.64. The Morgan fingerprint density at radius 3 is 2.26 bits per heavy atom. The van der Waals surface area contributed by atoms with E-state index in [-0.39, 0.29) is 18.3 Å². The fourth-order valence-corrected chi connectivity index (χ4v) is 3.75. The number of ether oxygens (including phenoxy) is 2. The molecule has 0 saturated carbocycles. The number of carbonyl (C=O) groups excluding carboxylic acids is 1. The molecule has 0 aliphatic rings. The first-order valence-electron chi connectivity index (χ1n) is 9.72. The molecule has 0 unspecified atom stereocenters. The molecular weight excluding hydrogens is 410 g/mol. The normalized spacial score (nSPS) is 10.6. The molecule has 1 aromatic heterocycles. The Bertz CT molecular complexity index is 1130. The predicted molar refractivity (Wildman–Crippen MR) is 120 cm³/mol. The number of carbonyl (C=O) groups is 1. The summed E-state index contributed by atoms with van der Waals surface area (Å²) >= 11 is 1.30. The van der Waals surface area contributed by atoms with Crippen molar-refractivity contribution in [2.75, 3.05) is 12.9 Å². The highest BCUT2D eigenvalue weighted by molar-refractivity contribution is 7.99. The highest BCUT2D eigenvalue weighted by Gasteiger charge is 2.17. The van der Waals surface area contributed by atoms with E-state index in [1.165, 1.54) is 11.8 Å². The Morgan fingerprint density at radius 1 is 0.903 bits per heavy atom. The summed E-state index contributed by atoms with van der Waals surface area (Å²) in [5.74, 6) is 1.29. The largest absolute Gasteiger partial charge is 0.497 e. The second-order valence-corrected chi connectivity index (χ2v) is 7.58. The van der Waals surface area contributed by atoms with Crippen molar-refractivity contribution in [3.05, 3.63) is 90.5 Å². The zero-order valence-electron chi connectivity index (χ0n) is 17.0. The Morgan fingerprint density at radius 2 is 1.58 bits per heavy atom. The molecule has 7 heteroatoms. The number of benzene rings is 3. The smallest absolute Gasteiger partial charge is 0.316 e. The Balaban J connectivity index is 1.53. The lowest BCUT2D eigenvalue weighted by atomic mass is 10.2. The zero-order chi connectivity index (χ0) is 21.5. The third-order valence-electron chi connectivity index (χ3n) is 4.56. The molecule has 4 aromatic rings. The molecule has 0 aliphatic heterocycles. The minimum atomic E-state index is -0.303. The highest BCUT2D eigenvalue weighted by atomic mass is 32.2. The van der Waals surface area contributed by atoms with Gasteiger partial charge in [-0.1, -0.05) is 60.3 Å². The molecule has 0 saturated heterocycles. The molecule has 4 rings (SSSR count). The fourth-order valence-electron chi connectivity index (χ4n) is 3.00. The van der Waals surface area contributed by atoms with Crippen LogP contribution in [0.3, 0.4) is 0 Å². The minimum Gasteiger partial charge on any atom is -0.497 e. The minimum absolute atomic E-state index is 0.139. The predicted octanol–water partition coefficient (Wildman–Crippen LogP) is 4.78. The van der Waals surface area contributed by atoms with Crippen LogP contribution in [0.15, 0.2) is 90.1 Å². The number of esters is 1. The lowest BCUT2D eigenvalue weighted by molar-refractivity contribution is -0.141. The average Bonchev–Trinajstić information content (AvgIpc) is 3.26. The molecule has 0 radical (unpaired) electrons. The Kier molecular flexibility index (Phi) is 6.64. The molecular formula is C24H21N3O3S. The van der Waals surface area contributed by atoms with E-state index in [2.05, 4.69) is 10.2 Å². The van der Waals surface area contributed by atoms with E-state index in [1.54, 1.807) is 7.11 Å². The number of hydrogen-bond donors (Lipinski definition) is 0. The molecule has 0 fully saturated rings. The molecule has 0 N–H and O–H groups in total. The van der Waals surface area contributed by atoms with Crippen molar-refractivity contribution in [1.29, 1.82) is 0 Å². The quantitative estimate of drug-likeness (QED) is 0.296. The van der Waals surface area contributed by atoms with Gasteiger partial charge in [0.15, 0.2) is 11.0 Å². The first-order chi connectivity index (χ1) is 15.2. The maximum Gasteiger partial charge on any atom is 0.316 e. The van der Waals surface area contributed by atoms with Crippen molar-refractivity contribution in [3.8, 4) is 22.8 Å². The topological polar surface area (TPSA) is 66.2 Å². The molecule has 6 nitrogen and oxygen atoms in total. The highest BCUT2D eigenvalue weighted by Crippen LogP contribution is 2.29. The summed E-state index contributed by atoms with van der Waals surface area (Å²) in [4.78, 5) is 12.3. The van der Waals surface area contributed by atoms with Crippen LogP contribution in [0.1, 0.15) is 5.56 Å². The van der Waals surface area contributed by atoms with Gasteiger partial charge in [0.1, 0.15) is 12.4 Å². The molecule has 1 heterocycles. The number of thioether (sulfide) groups is 1. The van der Waals surface area contributed by atoms with Gasteiger partial charge in [0, 0.05) is 11.3 Å². The van der Waals surface area contributed by atoms with Crippen LogP contribution < -0.4 is 4.74 Å². The van der Waals surface area contributed by atoms with Crippen LogP contribution in [0.5, 0.6) is 5.75 Å². The molecule has 3 aromatic carbocycles. The summed E-state index contributed by atoms with van der Waals surface area (Å²) in [5.41, 5.74) is 2.77. The van der Waals surface area contributed by atoms with Crippen molar-refractivity contribution in [3.63, 3.8) is 0 Å². The molecule has 0 spiro atoms. The van der Waals surface area contributed by atoms with Gasteiger partial charge in [-0.25, -0.2) is 0 Å². The number of hydrogen-bond acceptors (Lipinski definition) is 6. The summed E-state index contributed by atoms with van der Waals surface area (Å²) in [6.07, 6.45) is 0. The van der Waals surface area contributed by atoms with Gasteiger partial charge in [0.25, 0.3) is 0 Å². The van der Waals surface area contributed by atoms with E-state index in [9.17, 15) is 4.79 Å². The van der Waals surface area contributed by atoms with Gasteiger partial charge < -0.3 is 9.47 Å². The van der Waals surface area contributed by atoms with Crippen LogP contribution in [0.4, 0.5) is 0 Å². The van der Waals surface area contributed by atoms with E-state index in [1.807, 2.05) is 89.5 Å². The van der Waals surface area contributed by atoms with Crippen LogP contribution in [-0.2, 0) is 16.1 Å². The third-order valence-corrected chi connectivity index (χ3v) is 5.46. The Labute approximate surface area is 184 Å². The van der Waals surface area contributed by atoms with Gasteiger partial charge in [0.2, 0.25) is 0 Å². The van der Waals surface area contributed by atoms with Crippen molar-refractivity contribution >= 4 is 17.7 Å². The van der Waals surface area contributed by atoms with Crippen molar-refractivity contribution < 1.29 is 14.3 Å². The first kappa shape index (κ1) is 20.7. The molecule has 0 aliphatic carbocycles. The third kappa shape index (κ3) is 5.13. The summed E-state index contributed by atoms with van der Waals surface area (Å²) in [5, 5.41) is 9.35. The zero-order valence-corrected chi connectivity index (χ0v) is 17.8. The van der Waals surface area contributed by atoms with Crippen molar-refractivity contribution in [2.45, 2.75) is 11.8 Å². The summed E-state index contributed by atoms with van der Waals surface area (Å²) in [7, 11) is 1.63. The summed E-state index contributed by atoms with van der Waals surface area (Å²) in [6.45, 7) is 0.253. The summed E-state index contributed by atoms with van der Waals surface area (Å²) < 4.78 is 12.6. The lowest BCUT2D eigenvalue weighted by Crippen LogP contribution is -2.08. The fraction of sp³-hybridized carbons (Fsp3) is 0.125. The first-order valence-corrected chi connectivity index (χ1v) is 10.7. The van der Waals surface area contributed by atoms with Gasteiger partial charge in [0.05, 0.1) is 12.9 Å². The Hall–Kier alpha value is -3.58. The van der Waals surface area contributed by atoms with Gasteiger partial charge in [-0.2, -0.15) is 0 Å². The van der Waals surface area contributed by atoms with E-state index in [4.69, 9.17) is 9.47 Å². The van der Waals surface area contributed by atoms with Crippen molar-refractivity contribution in [2.24, 2.45) is 0 Å². The van der Waals surface area contributed by atoms with E-state index < -0.39 is 0 Å². The van der Waals surface area contributed by atoms with Gasteiger partial charge in [-0.15, -0.1) is 10.2 Å². The summed E-state index contributed by atoms with van der Waals surface area (Å²) in [6, 6.07) is 27.1. The molecule has 156 valence electrons. The molecule has 0 bridgehead atoms. The number of para-hydroxylation sites is 1. The van der Waals surface area contributed by atoms with Crippen LogP contribution in [-0.4, -0.2) is 33.6 Å². The van der Waals surface area contributed by atoms with Crippen LogP contribution >= 0.6 is 11.8 Å². The molecule has 0 amide bonds.